The molecule has 0 aliphatic rings. The van der Waals surface area contributed by atoms with Crippen LogP contribution < -0.4 is 5.32 Å². The molecule has 0 spiro atoms. The molecule has 78 valence electrons. The Morgan fingerprint density at radius 1 is 1.36 bits per heavy atom. The van der Waals surface area contributed by atoms with Crippen LogP contribution in [0.25, 0.3) is 0 Å². The van der Waals surface area contributed by atoms with Gasteiger partial charge in [0, 0.05) is 18.1 Å². The van der Waals surface area contributed by atoms with Crippen LogP contribution in [0.2, 0.25) is 0 Å². The van der Waals surface area contributed by atoms with Gasteiger partial charge in [0.2, 0.25) is 0 Å². The second-order valence-corrected chi connectivity index (χ2v) is 4.16. The molecule has 0 radical (unpaired) electrons. The molecule has 0 bridgehead atoms. The molecule has 0 aliphatic heterocycles. The first-order valence-electron chi connectivity index (χ1n) is 4.95. The largest absolute Gasteiger partial charge is 0.317 e. The lowest BCUT2D eigenvalue weighted by Crippen LogP contribution is -2.14. The minimum Gasteiger partial charge on any atom is -0.317 e. The Kier molecular flexibility index (Phi) is 5.56. The van der Waals surface area contributed by atoms with Crippen LogP contribution in [0.4, 0.5) is 0 Å². The Morgan fingerprint density at radius 3 is 2.71 bits per heavy atom. The number of thioether (sulfide) groups is 1. The molecule has 1 rings (SSSR count). The maximum absolute atomic E-state index is 4.23. The van der Waals surface area contributed by atoms with Crippen LogP contribution in [0.15, 0.2) is 17.6 Å². The molecular weight excluding hydrogens is 194 g/mol. The summed E-state index contributed by atoms with van der Waals surface area (Å²) >= 11 is 1.72. The van der Waals surface area contributed by atoms with E-state index in [1.807, 2.05) is 19.3 Å². The zero-order valence-corrected chi connectivity index (χ0v) is 9.60. The van der Waals surface area contributed by atoms with E-state index in [9.17, 15) is 0 Å². The normalized spacial score (nSPS) is 10.4. The van der Waals surface area contributed by atoms with Gasteiger partial charge in [-0.05, 0) is 32.0 Å². The van der Waals surface area contributed by atoms with Crippen molar-refractivity contribution in [2.24, 2.45) is 0 Å². The zero-order valence-electron chi connectivity index (χ0n) is 8.79. The van der Waals surface area contributed by atoms with Gasteiger partial charge in [-0.25, -0.2) is 9.97 Å². The molecule has 0 amide bonds. The molecule has 1 heterocycles. The van der Waals surface area contributed by atoms with Crippen LogP contribution in [0.1, 0.15) is 18.9 Å². The molecule has 0 fully saturated rings. The topological polar surface area (TPSA) is 37.8 Å². The van der Waals surface area contributed by atoms with Crippen LogP contribution in [-0.2, 0) is 0 Å². The van der Waals surface area contributed by atoms with Gasteiger partial charge in [0.25, 0.3) is 0 Å². The van der Waals surface area contributed by atoms with Crippen LogP contribution >= 0.6 is 11.8 Å². The summed E-state index contributed by atoms with van der Waals surface area (Å²) in [4.78, 5) is 8.46. The summed E-state index contributed by atoms with van der Waals surface area (Å²) < 4.78 is 0. The molecule has 0 aliphatic carbocycles. The second-order valence-electron chi connectivity index (χ2n) is 3.10. The summed E-state index contributed by atoms with van der Waals surface area (Å²) in [5.41, 5.74) is 1.11. The second kappa shape index (κ2) is 6.79. The van der Waals surface area contributed by atoms with Crippen molar-refractivity contribution in [1.29, 1.82) is 0 Å². The highest BCUT2D eigenvalue weighted by molar-refractivity contribution is 7.99. The first-order valence-corrected chi connectivity index (χ1v) is 5.93. The maximum Gasteiger partial charge on any atom is 0.187 e. The fourth-order valence-corrected chi connectivity index (χ4v) is 1.72. The SMILES string of the molecule is CCNCCCSc1ncc(C)cn1. The van der Waals surface area contributed by atoms with Gasteiger partial charge in [-0.3, -0.25) is 0 Å². The summed E-state index contributed by atoms with van der Waals surface area (Å²) in [6.07, 6.45) is 4.88. The van der Waals surface area contributed by atoms with Crippen LogP contribution in [-0.4, -0.2) is 28.8 Å². The van der Waals surface area contributed by atoms with Gasteiger partial charge in [0.15, 0.2) is 5.16 Å². The summed E-state index contributed by atoms with van der Waals surface area (Å²) in [7, 11) is 0. The number of nitrogens with one attached hydrogen (secondary N) is 1. The quantitative estimate of drug-likeness (QED) is 0.443. The van der Waals surface area contributed by atoms with E-state index < -0.39 is 0 Å². The van der Waals surface area contributed by atoms with E-state index in [1.54, 1.807) is 11.8 Å². The van der Waals surface area contributed by atoms with Gasteiger partial charge in [0.05, 0.1) is 0 Å². The fraction of sp³-hybridized carbons (Fsp3) is 0.600. The molecule has 0 saturated heterocycles. The summed E-state index contributed by atoms with van der Waals surface area (Å²) in [5.74, 6) is 1.08. The third-order valence-electron chi connectivity index (χ3n) is 1.74. The minimum absolute atomic E-state index is 0.882. The highest BCUT2D eigenvalue weighted by Gasteiger charge is 1.95. The summed E-state index contributed by atoms with van der Waals surface area (Å²) in [6.45, 7) is 6.25. The molecular formula is C10H17N3S. The average molecular weight is 211 g/mol. The molecule has 1 aromatic rings. The monoisotopic (exact) mass is 211 g/mol. The van der Waals surface area contributed by atoms with Crippen LogP contribution in [0.3, 0.4) is 0 Å². The van der Waals surface area contributed by atoms with Crippen molar-refractivity contribution >= 4 is 11.8 Å². The predicted octanol–water partition coefficient (Wildman–Crippen LogP) is 1.88. The molecule has 1 aromatic heterocycles. The van der Waals surface area contributed by atoms with E-state index in [-0.39, 0.29) is 0 Å². The highest BCUT2D eigenvalue weighted by Crippen LogP contribution is 2.12. The standard InChI is InChI=1S/C10H17N3S/c1-3-11-5-4-6-14-10-12-7-9(2)8-13-10/h7-8,11H,3-6H2,1-2H3. The lowest BCUT2D eigenvalue weighted by atomic mass is 10.4. The van der Waals surface area contributed by atoms with Crippen LogP contribution in [0.5, 0.6) is 0 Å². The van der Waals surface area contributed by atoms with Gasteiger partial charge in [0.1, 0.15) is 0 Å². The van der Waals surface area contributed by atoms with Crippen molar-refractivity contribution < 1.29 is 0 Å². The van der Waals surface area contributed by atoms with Gasteiger partial charge in [-0.15, -0.1) is 0 Å². The molecule has 3 nitrogen and oxygen atoms in total. The Morgan fingerprint density at radius 2 is 2.07 bits per heavy atom. The van der Waals surface area contributed by atoms with Crippen molar-refractivity contribution in [3.8, 4) is 0 Å². The van der Waals surface area contributed by atoms with E-state index in [1.165, 1.54) is 0 Å². The third kappa shape index (κ3) is 4.58. The molecule has 1 N–H and O–H groups in total. The zero-order chi connectivity index (χ0) is 10.2. The number of nitrogens with zero attached hydrogens (tertiary/aromatic N) is 2. The Balaban J connectivity index is 2.15. The highest BCUT2D eigenvalue weighted by atomic mass is 32.2. The van der Waals surface area contributed by atoms with Crippen molar-refractivity contribution in [3.63, 3.8) is 0 Å². The van der Waals surface area contributed by atoms with Gasteiger partial charge < -0.3 is 5.32 Å². The maximum atomic E-state index is 4.23. The van der Waals surface area contributed by atoms with E-state index >= 15 is 0 Å². The van der Waals surface area contributed by atoms with Crippen molar-refractivity contribution in [3.05, 3.63) is 18.0 Å². The fourth-order valence-electron chi connectivity index (χ4n) is 0.993. The number of hydrogen-bond donors (Lipinski definition) is 1. The smallest absolute Gasteiger partial charge is 0.187 e. The number of aryl methyl sites for hydroxylation is 1. The number of aromatic nitrogens is 2. The summed E-state index contributed by atoms with van der Waals surface area (Å²) in [6, 6.07) is 0. The van der Waals surface area contributed by atoms with Crippen molar-refractivity contribution in [1.82, 2.24) is 15.3 Å². The molecule has 0 unspecified atom stereocenters. The van der Waals surface area contributed by atoms with E-state index in [4.69, 9.17) is 0 Å². The van der Waals surface area contributed by atoms with Crippen molar-refractivity contribution in [2.45, 2.75) is 25.4 Å². The van der Waals surface area contributed by atoms with Gasteiger partial charge in [-0.2, -0.15) is 0 Å². The summed E-state index contributed by atoms with van der Waals surface area (Å²) in [5, 5.41) is 4.17. The third-order valence-corrected chi connectivity index (χ3v) is 2.70. The molecule has 4 heteroatoms. The Bertz CT molecular complexity index is 248. The first kappa shape index (κ1) is 11.5. The molecule has 0 saturated carbocycles. The van der Waals surface area contributed by atoms with E-state index in [0.717, 1.165) is 36.0 Å². The van der Waals surface area contributed by atoms with E-state index in [2.05, 4.69) is 22.2 Å². The minimum atomic E-state index is 0.882. The van der Waals surface area contributed by atoms with Gasteiger partial charge in [-0.1, -0.05) is 18.7 Å². The first-order chi connectivity index (χ1) is 6.83. The number of rotatable bonds is 6. The lowest BCUT2D eigenvalue weighted by molar-refractivity contribution is 0.707. The Labute approximate surface area is 89.7 Å². The molecule has 14 heavy (non-hydrogen) atoms. The van der Waals surface area contributed by atoms with Crippen molar-refractivity contribution in [2.75, 3.05) is 18.8 Å². The van der Waals surface area contributed by atoms with Gasteiger partial charge >= 0.3 is 0 Å². The average Bonchev–Trinajstić information content (AvgIpc) is 2.21. The predicted molar refractivity (Wildman–Crippen MR) is 60.7 cm³/mol. The number of hydrogen-bond acceptors (Lipinski definition) is 4. The molecule has 0 atom stereocenters. The van der Waals surface area contributed by atoms with Crippen LogP contribution in [0, 0.1) is 6.92 Å². The lowest BCUT2D eigenvalue weighted by Gasteiger charge is -2.01. The van der Waals surface area contributed by atoms with E-state index in [0.29, 0.717) is 0 Å². The Hall–Kier alpha value is -0.610. The molecule has 0 aromatic carbocycles.